The van der Waals surface area contributed by atoms with Gasteiger partial charge in [0.1, 0.15) is 6.10 Å². The lowest BCUT2D eigenvalue weighted by atomic mass is 10.1. The molecule has 0 aromatic heterocycles. The summed E-state index contributed by atoms with van der Waals surface area (Å²) in [7, 11) is 3.36. The van der Waals surface area contributed by atoms with Crippen LogP contribution in [0.5, 0.6) is 0 Å². The molecule has 3 unspecified atom stereocenters. The van der Waals surface area contributed by atoms with Crippen LogP contribution >= 0.6 is 0 Å². The molecule has 0 spiro atoms. The fraction of sp³-hybridized carbons (Fsp3) is 0.900. The van der Waals surface area contributed by atoms with Crippen LogP contribution in [0, 0.1) is 0 Å². The average Bonchev–Trinajstić information content (AvgIpc) is 2.61. The molecule has 4 heteroatoms. The van der Waals surface area contributed by atoms with Crippen LogP contribution in [0.15, 0.2) is 0 Å². The Kier molecular flexibility index (Phi) is 3.89. The van der Waals surface area contributed by atoms with E-state index >= 15 is 0 Å². The SMILES string of the molecule is COC(C)C(=O)N(C)C1CCOC1C. The third-order valence-electron chi connectivity index (χ3n) is 2.88. The lowest BCUT2D eigenvalue weighted by molar-refractivity contribution is -0.142. The molecule has 0 aromatic rings. The summed E-state index contributed by atoms with van der Waals surface area (Å²) in [5.41, 5.74) is 0. The van der Waals surface area contributed by atoms with E-state index in [0.717, 1.165) is 13.0 Å². The van der Waals surface area contributed by atoms with Gasteiger partial charge in [-0.25, -0.2) is 0 Å². The van der Waals surface area contributed by atoms with Crippen LogP contribution in [0.1, 0.15) is 20.3 Å². The number of methoxy groups -OCH3 is 1. The van der Waals surface area contributed by atoms with E-state index in [1.807, 2.05) is 14.0 Å². The van der Waals surface area contributed by atoms with Crippen LogP contribution in [0.25, 0.3) is 0 Å². The molecule has 0 saturated carbocycles. The molecule has 1 fully saturated rings. The number of nitrogens with zero attached hydrogens (tertiary/aromatic N) is 1. The van der Waals surface area contributed by atoms with Gasteiger partial charge in [-0.05, 0) is 20.3 Å². The Hall–Kier alpha value is -0.610. The van der Waals surface area contributed by atoms with Crippen molar-refractivity contribution >= 4 is 5.91 Å². The molecular formula is C10H19NO3. The van der Waals surface area contributed by atoms with Gasteiger partial charge in [0.25, 0.3) is 5.91 Å². The zero-order chi connectivity index (χ0) is 10.7. The first-order chi connectivity index (χ1) is 6.57. The molecule has 1 aliphatic heterocycles. The van der Waals surface area contributed by atoms with Crippen LogP contribution in [-0.2, 0) is 14.3 Å². The number of carbonyl (C=O) groups excluding carboxylic acids is 1. The van der Waals surface area contributed by atoms with Crippen molar-refractivity contribution in [2.75, 3.05) is 20.8 Å². The minimum Gasteiger partial charge on any atom is -0.376 e. The van der Waals surface area contributed by atoms with Crippen molar-refractivity contribution in [2.45, 2.75) is 38.5 Å². The average molecular weight is 201 g/mol. The second-order valence-corrected chi connectivity index (χ2v) is 3.76. The Morgan fingerprint density at radius 2 is 2.29 bits per heavy atom. The Morgan fingerprint density at radius 1 is 1.64 bits per heavy atom. The predicted octanol–water partition coefficient (Wildman–Crippen LogP) is 0.657. The van der Waals surface area contributed by atoms with E-state index in [4.69, 9.17) is 9.47 Å². The van der Waals surface area contributed by atoms with Gasteiger partial charge in [0.05, 0.1) is 12.1 Å². The standard InChI is InChI=1S/C10H19NO3/c1-7-9(5-6-14-7)11(3)10(12)8(2)13-4/h7-9H,5-6H2,1-4H3. The highest BCUT2D eigenvalue weighted by atomic mass is 16.5. The van der Waals surface area contributed by atoms with E-state index in [1.165, 1.54) is 0 Å². The van der Waals surface area contributed by atoms with Crippen molar-refractivity contribution < 1.29 is 14.3 Å². The minimum absolute atomic E-state index is 0.0230. The van der Waals surface area contributed by atoms with Crippen molar-refractivity contribution in [3.63, 3.8) is 0 Å². The highest BCUT2D eigenvalue weighted by molar-refractivity contribution is 5.80. The topological polar surface area (TPSA) is 38.8 Å². The maximum Gasteiger partial charge on any atom is 0.251 e. The molecule has 0 radical (unpaired) electrons. The molecule has 4 nitrogen and oxygen atoms in total. The Balaban J connectivity index is 2.55. The molecule has 0 N–H and O–H groups in total. The number of rotatable bonds is 3. The van der Waals surface area contributed by atoms with Gasteiger partial charge in [0.2, 0.25) is 0 Å². The molecule has 82 valence electrons. The lowest BCUT2D eigenvalue weighted by Gasteiger charge is -2.28. The molecule has 0 aromatic carbocycles. The summed E-state index contributed by atoms with van der Waals surface area (Å²) in [5, 5.41) is 0. The fourth-order valence-electron chi connectivity index (χ4n) is 1.78. The van der Waals surface area contributed by atoms with E-state index in [-0.39, 0.29) is 24.2 Å². The molecule has 0 bridgehead atoms. The molecule has 1 aliphatic rings. The van der Waals surface area contributed by atoms with Crippen LogP contribution in [0.3, 0.4) is 0 Å². The second kappa shape index (κ2) is 4.75. The van der Waals surface area contributed by atoms with Crippen LogP contribution in [-0.4, -0.2) is 49.8 Å². The first-order valence-electron chi connectivity index (χ1n) is 4.99. The molecule has 3 atom stereocenters. The zero-order valence-electron chi connectivity index (χ0n) is 9.32. The van der Waals surface area contributed by atoms with Gasteiger partial charge in [-0.1, -0.05) is 0 Å². The zero-order valence-corrected chi connectivity index (χ0v) is 9.32. The van der Waals surface area contributed by atoms with E-state index in [0.29, 0.717) is 0 Å². The van der Waals surface area contributed by atoms with Gasteiger partial charge in [-0.2, -0.15) is 0 Å². The lowest BCUT2D eigenvalue weighted by Crippen LogP contribution is -2.45. The van der Waals surface area contributed by atoms with E-state index < -0.39 is 0 Å². The Morgan fingerprint density at radius 3 is 2.71 bits per heavy atom. The summed E-state index contributed by atoms with van der Waals surface area (Å²) in [4.78, 5) is 13.5. The number of hydrogen-bond acceptors (Lipinski definition) is 3. The number of likely N-dealkylation sites (N-methyl/N-ethyl adjacent to an activating group) is 1. The largest absolute Gasteiger partial charge is 0.376 e. The third-order valence-corrected chi connectivity index (χ3v) is 2.88. The van der Waals surface area contributed by atoms with Gasteiger partial charge >= 0.3 is 0 Å². The fourth-order valence-corrected chi connectivity index (χ4v) is 1.78. The maximum atomic E-state index is 11.8. The highest BCUT2D eigenvalue weighted by Gasteiger charge is 2.32. The third kappa shape index (κ3) is 2.25. The van der Waals surface area contributed by atoms with E-state index in [1.54, 1.807) is 18.9 Å². The quantitative estimate of drug-likeness (QED) is 0.673. The number of amides is 1. The maximum absolute atomic E-state index is 11.8. The van der Waals surface area contributed by atoms with Gasteiger partial charge in [-0.15, -0.1) is 0 Å². The molecular weight excluding hydrogens is 182 g/mol. The van der Waals surface area contributed by atoms with Crippen LogP contribution in [0.4, 0.5) is 0 Å². The predicted molar refractivity (Wildman–Crippen MR) is 53.1 cm³/mol. The molecule has 1 amide bonds. The Bertz CT molecular complexity index is 208. The molecule has 1 rings (SSSR count). The van der Waals surface area contributed by atoms with E-state index in [2.05, 4.69) is 0 Å². The summed E-state index contributed by atoms with van der Waals surface area (Å²) >= 11 is 0. The highest BCUT2D eigenvalue weighted by Crippen LogP contribution is 2.18. The first-order valence-corrected chi connectivity index (χ1v) is 4.99. The van der Waals surface area contributed by atoms with E-state index in [9.17, 15) is 4.79 Å². The van der Waals surface area contributed by atoms with Crippen molar-refractivity contribution in [1.29, 1.82) is 0 Å². The number of carbonyl (C=O) groups is 1. The molecule has 1 heterocycles. The molecule has 0 aliphatic carbocycles. The van der Waals surface area contributed by atoms with Crippen LogP contribution in [0.2, 0.25) is 0 Å². The summed E-state index contributed by atoms with van der Waals surface area (Å²) < 4.78 is 10.4. The Labute approximate surface area is 85.2 Å². The van der Waals surface area contributed by atoms with Crippen molar-refractivity contribution in [1.82, 2.24) is 4.90 Å². The minimum atomic E-state index is -0.368. The summed E-state index contributed by atoms with van der Waals surface area (Å²) in [6.07, 6.45) is 0.681. The summed E-state index contributed by atoms with van der Waals surface area (Å²) in [6.45, 7) is 4.50. The van der Waals surface area contributed by atoms with Gasteiger partial charge in [0, 0.05) is 20.8 Å². The summed E-state index contributed by atoms with van der Waals surface area (Å²) in [6, 6.07) is 0.195. The normalized spacial score (nSPS) is 28.9. The monoisotopic (exact) mass is 201 g/mol. The van der Waals surface area contributed by atoms with Crippen molar-refractivity contribution in [3.8, 4) is 0 Å². The van der Waals surface area contributed by atoms with Crippen molar-refractivity contribution in [3.05, 3.63) is 0 Å². The second-order valence-electron chi connectivity index (χ2n) is 3.76. The number of ether oxygens (including phenoxy) is 2. The summed E-state index contributed by atoms with van der Waals surface area (Å²) in [5.74, 6) is 0.0230. The smallest absolute Gasteiger partial charge is 0.251 e. The molecule has 14 heavy (non-hydrogen) atoms. The van der Waals surface area contributed by atoms with Crippen molar-refractivity contribution in [2.24, 2.45) is 0 Å². The first kappa shape index (κ1) is 11.5. The molecule has 1 saturated heterocycles. The van der Waals surface area contributed by atoms with Gasteiger partial charge in [0.15, 0.2) is 0 Å². The van der Waals surface area contributed by atoms with Crippen LogP contribution < -0.4 is 0 Å². The number of hydrogen-bond donors (Lipinski definition) is 0. The van der Waals surface area contributed by atoms with Gasteiger partial charge < -0.3 is 14.4 Å². The van der Waals surface area contributed by atoms with Gasteiger partial charge in [-0.3, -0.25) is 4.79 Å².